The second-order valence-electron chi connectivity index (χ2n) is 6.07. The lowest BCUT2D eigenvalue weighted by Crippen LogP contribution is -2.25. The summed E-state index contributed by atoms with van der Waals surface area (Å²) in [5.74, 6) is 1.11. The van der Waals surface area contributed by atoms with Crippen molar-refractivity contribution in [2.45, 2.75) is 19.4 Å². The fourth-order valence-electron chi connectivity index (χ4n) is 3.20. The molecular weight excluding hydrogens is 328 g/mol. The molecule has 0 spiro atoms. The number of rotatable bonds is 4. The van der Waals surface area contributed by atoms with Crippen LogP contribution in [-0.4, -0.2) is 39.7 Å². The molecule has 0 unspecified atom stereocenters. The molecule has 0 atom stereocenters. The molecule has 0 saturated carbocycles. The molecule has 1 aromatic carbocycles. The summed E-state index contributed by atoms with van der Waals surface area (Å²) < 4.78 is 32.4. The van der Waals surface area contributed by atoms with Gasteiger partial charge in [0.1, 0.15) is 0 Å². The van der Waals surface area contributed by atoms with E-state index in [1.54, 1.807) is 0 Å². The molecule has 0 bridgehead atoms. The van der Waals surface area contributed by atoms with Crippen LogP contribution < -0.4 is 0 Å². The number of para-hydroxylation sites is 1. The summed E-state index contributed by atoms with van der Waals surface area (Å²) in [7, 11) is -1.15. The standard InChI is InChI=1S/C16H18N4O3S/c1-19-8-6-12-4-2-5-13(16(12)19)10-14-17-15(23-18-14)11-20-7-3-9-24(20,21)22/h2,4-6,8H,3,7,9-11H2,1H3. The summed E-state index contributed by atoms with van der Waals surface area (Å²) in [6.45, 7) is 0.673. The highest BCUT2D eigenvalue weighted by molar-refractivity contribution is 7.89. The van der Waals surface area contributed by atoms with E-state index in [9.17, 15) is 8.42 Å². The molecule has 1 fully saturated rings. The van der Waals surface area contributed by atoms with Crippen LogP contribution >= 0.6 is 0 Å². The zero-order chi connectivity index (χ0) is 16.7. The summed E-state index contributed by atoms with van der Waals surface area (Å²) in [5, 5.41) is 5.17. The normalized spacial score (nSPS) is 17.7. The zero-order valence-corrected chi connectivity index (χ0v) is 14.2. The first-order valence-corrected chi connectivity index (χ1v) is 9.46. The van der Waals surface area contributed by atoms with E-state index in [0.29, 0.717) is 31.1 Å². The molecule has 0 radical (unpaired) electrons. The minimum Gasteiger partial charge on any atom is -0.350 e. The van der Waals surface area contributed by atoms with Crippen molar-refractivity contribution >= 4 is 20.9 Å². The number of sulfonamides is 1. The van der Waals surface area contributed by atoms with Gasteiger partial charge in [0.15, 0.2) is 5.82 Å². The lowest BCUT2D eigenvalue weighted by Gasteiger charge is -2.10. The Labute approximate surface area is 139 Å². The van der Waals surface area contributed by atoms with Gasteiger partial charge in [0, 0.05) is 26.2 Å². The van der Waals surface area contributed by atoms with Crippen LogP contribution in [0.15, 0.2) is 35.0 Å². The molecule has 8 heteroatoms. The van der Waals surface area contributed by atoms with Gasteiger partial charge in [-0.15, -0.1) is 0 Å². The molecule has 0 amide bonds. The predicted octanol–water partition coefficient (Wildman–Crippen LogP) is 1.69. The van der Waals surface area contributed by atoms with E-state index >= 15 is 0 Å². The largest absolute Gasteiger partial charge is 0.350 e. The molecule has 0 aliphatic carbocycles. The highest BCUT2D eigenvalue weighted by Crippen LogP contribution is 2.22. The molecule has 24 heavy (non-hydrogen) atoms. The summed E-state index contributed by atoms with van der Waals surface area (Å²) in [6.07, 6.45) is 3.22. The first-order chi connectivity index (χ1) is 11.5. The fraction of sp³-hybridized carbons (Fsp3) is 0.375. The Hall–Kier alpha value is -2.19. The van der Waals surface area contributed by atoms with Crippen molar-refractivity contribution in [3.8, 4) is 0 Å². The van der Waals surface area contributed by atoms with Crippen molar-refractivity contribution in [2.24, 2.45) is 7.05 Å². The Bertz CT molecular complexity index is 990. The number of hydrogen-bond donors (Lipinski definition) is 0. The van der Waals surface area contributed by atoms with Crippen molar-refractivity contribution in [3.05, 3.63) is 47.7 Å². The van der Waals surface area contributed by atoms with E-state index < -0.39 is 10.0 Å². The van der Waals surface area contributed by atoms with E-state index in [4.69, 9.17) is 4.52 Å². The number of fused-ring (bicyclic) bond motifs is 1. The van der Waals surface area contributed by atoms with Crippen LogP contribution in [0.4, 0.5) is 0 Å². The van der Waals surface area contributed by atoms with Gasteiger partial charge in [-0.05, 0) is 23.4 Å². The SMILES string of the molecule is Cn1ccc2cccc(Cc3noc(CN4CCCS4(=O)=O)n3)c21. The number of nitrogens with zero attached hydrogens (tertiary/aromatic N) is 4. The van der Waals surface area contributed by atoms with Crippen LogP contribution in [0.25, 0.3) is 10.9 Å². The second kappa shape index (κ2) is 5.71. The van der Waals surface area contributed by atoms with E-state index in [1.807, 2.05) is 25.4 Å². The van der Waals surface area contributed by atoms with Crippen LogP contribution in [0.1, 0.15) is 23.7 Å². The number of aryl methyl sites for hydroxylation is 1. The van der Waals surface area contributed by atoms with E-state index in [1.165, 1.54) is 9.69 Å². The quantitative estimate of drug-likeness (QED) is 0.718. The Morgan fingerprint density at radius 3 is 2.96 bits per heavy atom. The van der Waals surface area contributed by atoms with Crippen molar-refractivity contribution in [3.63, 3.8) is 0 Å². The van der Waals surface area contributed by atoms with E-state index in [2.05, 4.69) is 26.8 Å². The van der Waals surface area contributed by atoms with Crippen molar-refractivity contribution in [2.75, 3.05) is 12.3 Å². The Morgan fingerprint density at radius 2 is 2.17 bits per heavy atom. The van der Waals surface area contributed by atoms with Crippen LogP contribution in [0.3, 0.4) is 0 Å². The Morgan fingerprint density at radius 1 is 1.29 bits per heavy atom. The molecule has 0 N–H and O–H groups in total. The third kappa shape index (κ3) is 2.71. The van der Waals surface area contributed by atoms with Crippen molar-refractivity contribution in [1.82, 2.24) is 19.0 Å². The molecule has 126 valence electrons. The number of hydrogen-bond acceptors (Lipinski definition) is 5. The molecule has 7 nitrogen and oxygen atoms in total. The van der Waals surface area contributed by atoms with Gasteiger partial charge >= 0.3 is 0 Å². The highest BCUT2D eigenvalue weighted by atomic mass is 32.2. The smallest absolute Gasteiger partial charge is 0.241 e. The molecular formula is C16H18N4O3S. The minimum atomic E-state index is -3.16. The van der Waals surface area contributed by atoms with Crippen molar-refractivity contribution < 1.29 is 12.9 Å². The zero-order valence-electron chi connectivity index (χ0n) is 13.3. The number of benzene rings is 1. The lowest BCUT2D eigenvalue weighted by molar-refractivity contribution is 0.324. The average Bonchev–Trinajstić information content (AvgIpc) is 3.22. The third-order valence-electron chi connectivity index (χ3n) is 4.35. The van der Waals surface area contributed by atoms with Crippen LogP contribution in [-0.2, 0) is 30.0 Å². The molecule has 4 rings (SSSR count). The summed E-state index contributed by atoms with van der Waals surface area (Å²) in [6, 6.07) is 8.19. The van der Waals surface area contributed by atoms with E-state index in [-0.39, 0.29) is 12.3 Å². The van der Waals surface area contributed by atoms with Gasteiger partial charge < -0.3 is 9.09 Å². The Kier molecular flexibility index (Phi) is 3.65. The molecule has 3 aromatic rings. The van der Waals surface area contributed by atoms with Gasteiger partial charge in [-0.25, -0.2) is 8.42 Å². The summed E-state index contributed by atoms with van der Waals surface area (Å²) >= 11 is 0. The fourth-order valence-corrected chi connectivity index (χ4v) is 4.67. The maximum absolute atomic E-state index is 11.9. The Balaban J connectivity index is 1.56. The monoisotopic (exact) mass is 346 g/mol. The topological polar surface area (TPSA) is 81.2 Å². The summed E-state index contributed by atoms with van der Waals surface area (Å²) in [4.78, 5) is 4.36. The molecule has 3 heterocycles. The maximum Gasteiger partial charge on any atom is 0.241 e. The first-order valence-electron chi connectivity index (χ1n) is 7.85. The van der Waals surface area contributed by atoms with E-state index in [0.717, 1.165) is 11.1 Å². The van der Waals surface area contributed by atoms with Crippen LogP contribution in [0.2, 0.25) is 0 Å². The minimum absolute atomic E-state index is 0.156. The number of aromatic nitrogens is 3. The first kappa shape index (κ1) is 15.3. The van der Waals surface area contributed by atoms with Gasteiger partial charge in [-0.3, -0.25) is 0 Å². The van der Waals surface area contributed by atoms with Crippen LogP contribution in [0.5, 0.6) is 0 Å². The van der Waals surface area contributed by atoms with Gasteiger partial charge in [0.25, 0.3) is 0 Å². The predicted molar refractivity (Wildman–Crippen MR) is 88.8 cm³/mol. The lowest BCUT2D eigenvalue weighted by atomic mass is 10.1. The van der Waals surface area contributed by atoms with Gasteiger partial charge in [-0.1, -0.05) is 23.4 Å². The van der Waals surface area contributed by atoms with Gasteiger partial charge in [0.05, 0.1) is 17.8 Å². The molecule has 1 saturated heterocycles. The molecule has 1 aliphatic heterocycles. The summed E-state index contributed by atoms with van der Waals surface area (Å²) in [5.41, 5.74) is 2.26. The average molecular weight is 346 g/mol. The van der Waals surface area contributed by atoms with Gasteiger partial charge in [0.2, 0.25) is 15.9 Å². The van der Waals surface area contributed by atoms with Crippen LogP contribution in [0, 0.1) is 0 Å². The van der Waals surface area contributed by atoms with Gasteiger partial charge in [-0.2, -0.15) is 9.29 Å². The highest BCUT2D eigenvalue weighted by Gasteiger charge is 2.29. The molecule has 2 aromatic heterocycles. The maximum atomic E-state index is 11.9. The second-order valence-corrected chi connectivity index (χ2v) is 8.15. The van der Waals surface area contributed by atoms with Crippen molar-refractivity contribution in [1.29, 1.82) is 0 Å². The molecule has 1 aliphatic rings. The third-order valence-corrected chi connectivity index (χ3v) is 6.26.